The Balaban J connectivity index is 1.88. The number of carbonyl (C=O) groups excluding carboxylic acids is 1. The number of anilines is 1. The number of fused-ring (bicyclic) bond motifs is 1. The maximum atomic E-state index is 12.2. The Kier molecular flexibility index (Phi) is 3.64. The predicted octanol–water partition coefficient (Wildman–Crippen LogP) is 2.32. The van der Waals surface area contributed by atoms with Gasteiger partial charge in [-0.1, -0.05) is 18.2 Å². The number of rotatable bonds is 3. The number of carbonyl (C=O) groups is 1. The highest BCUT2D eigenvalue weighted by atomic mass is 32.2. The molecule has 0 saturated carbocycles. The molecule has 21 heavy (non-hydrogen) atoms. The van der Waals surface area contributed by atoms with Gasteiger partial charge in [-0.25, -0.2) is 4.98 Å². The molecule has 0 fully saturated rings. The van der Waals surface area contributed by atoms with E-state index in [1.807, 2.05) is 30.3 Å². The standard InChI is InChI=1S/C15H13N3O2S/c1-21(20)12-7-8-14-17-13(10-18(14)9-12)15(19)16-11-5-3-2-4-6-11/h2-10H,1H3,(H,16,19). The number of hydrogen-bond acceptors (Lipinski definition) is 3. The van der Waals surface area contributed by atoms with E-state index in [1.54, 1.807) is 35.2 Å². The molecule has 3 aromatic rings. The first-order valence-electron chi connectivity index (χ1n) is 6.32. The van der Waals surface area contributed by atoms with Crippen LogP contribution in [0.3, 0.4) is 0 Å². The number of imidazole rings is 1. The number of aromatic nitrogens is 2. The smallest absolute Gasteiger partial charge is 0.275 e. The molecule has 3 rings (SSSR count). The zero-order valence-electron chi connectivity index (χ0n) is 11.3. The summed E-state index contributed by atoms with van der Waals surface area (Å²) < 4.78 is 13.2. The van der Waals surface area contributed by atoms with Gasteiger partial charge >= 0.3 is 0 Å². The highest BCUT2D eigenvalue weighted by Crippen LogP contribution is 2.13. The van der Waals surface area contributed by atoms with Crippen molar-refractivity contribution in [2.24, 2.45) is 0 Å². The van der Waals surface area contributed by atoms with Crippen molar-refractivity contribution in [2.75, 3.05) is 11.6 Å². The van der Waals surface area contributed by atoms with Gasteiger partial charge in [0.2, 0.25) is 0 Å². The molecule has 0 spiro atoms. The fourth-order valence-electron chi connectivity index (χ4n) is 1.97. The van der Waals surface area contributed by atoms with Crippen LogP contribution in [0, 0.1) is 0 Å². The zero-order valence-corrected chi connectivity index (χ0v) is 12.1. The molecule has 2 aromatic heterocycles. The minimum atomic E-state index is -1.07. The molecule has 1 atom stereocenters. The van der Waals surface area contributed by atoms with Crippen LogP contribution in [0.15, 0.2) is 59.8 Å². The summed E-state index contributed by atoms with van der Waals surface area (Å²) in [6, 6.07) is 12.7. The SMILES string of the molecule is C[S+]([O-])c1ccc2nc(C(=O)Nc3ccccc3)cn2c1. The molecule has 0 radical (unpaired) electrons. The molecule has 1 amide bonds. The normalized spacial score (nSPS) is 12.3. The van der Waals surface area contributed by atoms with Gasteiger partial charge in [-0.3, -0.25) is 4.79 Å². The summed E-state index contributed by atoms with van der Waals surface area (Å²) in [5.74, 6) is -0.274. The lowest BCUT2D eigenvalue weighted by Crippen LogP contribution is -2.11. The van der Waals surface area contributed by atoms with E-state index in [0.29, 0.717) is 16.2 Å². The number of nitrogens with zero attached hydrogens (tertiary/aromatic N) is 2. The Morgan fingerprint density at radius 3 is 2.67 bits per heavy atom. The third kappa shape index (κ3) is 2.91. The first-order valence-corrected chi connectivity index (χ1v) is 7.88. The Labute approximate surface area is 124 Å². The molecule has 1 N–H and O–H groups in total. The maximum absolute atomic E-state index is 12.2. The molecule has 2 heterocycles. The van der Waals surface area contributed by atoms with Gasteiger partial charge in [0.15, 0.2) is 4.90 Å². The molecular weight excluding hydrogens is 286 g/mol. The molecular formula is C15H13N3O2S. The Hall–Kier alpha value is -2.31. The summed E-state index contributed by atoms with van der Waals surface area (Å²) in [6.07, 6.45) is 4.96. The second kappa shape index (κ2) is 5.59. The summed E-state index contributed by atoms with van der Waals surface area (Å²) in [4.78, 5) is 17.1. The fraction of sp³-hybridized carbons (Fsp3) is 0.0667. The average Bonchev–Trinajstić information content (AvgIpc) is 2.91. The van der Waals surface area contributed by atoms with Crippen molar-refractivity contribution in [1.82, 2.24) is 9.38 Å². The van der Waals surface area contributed by atoms with Gasteiger partial charge < -0.3 is 14.3 Å². The third-order valence-electron chi connectivity index (χ3n) is 3.02. The van der Waals surface area contributed by atoms with Crippen molar-refractivity contribution in [1.29, 1.82) is 0 Å². The average molecular weight is 299 g/mol. The van der Waals surface area contributed by atoms with Gasteiger partial charge in [-0.05, 0) is 35.4 Å². The lowest BCUT2D eigenvalue weighted by molar-refractivity contribution is 0.102. The van der Waals surface area contributed by atoms with Crippen LogP contribution in [0.2, 0.25) is 0 Å². The van der Waals surface area contributed by atoms with Gasteiger partial charge in [0, 0.05) is 11.9 Å². The van der Waals surface area contributed by atoms with E-state index in [4.69, 9.17) is 0 Å². The van der Waals surface area contributed by atoms with Gasteiger partial charge in [0.1, 0.15) is 17.6 Å². The van der Waals surface area contributed by atoms with E-state index in [1.165, 1.54) is 0 Å². The summed E-state index contributed by atoms with van der Waals surface area (Å²) in [5.41, 5.74) is 1.68. The first-order chi connectivity index (χ1) is 10.1. The van der Waals surface area contributed by atoms with Crippen molar-refractivity contribution in [3.8, 4) is 0 Å². The monoisotopic (exact) mass is 299 g/mol. The van der Waals surface area contributed by atoms with Crippen LogP contribution in [0.4, 0.5) is 5.69 Å². The van der Waals surface area contributed by atoms with E-state index in [2.05, 4.69) is 10.3 Å². The van der Waals surface area contributed by atoms with Crippen LogP contribution in [0.25, 0.3) is 5.65 Å². The molecule has 0 aliphatic heterocycles. The van der Waals surface area contributed by atoms with Crippen molar-refractivity contribution >= 4 is 28.4 Å². The van der Waals surface area contributed by atoms with E-state index >= 15 is 0 Å². The van der Waals surface area contributed by atoms with E-state index < -0.39 is 11.2 Å². The quantitative estimate of drug-likeness (QED) is 0.755. The number of pyridine rings is 1. The lowest BCUT2D eigenvalue weighted by atomic mass is 10.3. The van der Waals surface area contributed by atoms with Crippen LogP contribution in [-0.4, -0.2) is 26.1 Å². The summed E-state index contributed by atoms with van der Waals surface area (Å²) >= 11 is -1.07. The summed E-state index contributed by atoms with van der Waals surface area (Å²) in [6.45, 7) is 0. The third-order valence-corrected chi connectivity index (χ3v) is 3.93. The number of benzene rings is 1. The molecule has 0 bridgehead atoms. The number of para-hydroxylation sites is 1. The highest BCUT2D eigenvalue weighted by molar-refractivity contribution is 7.90. The lowest BCUT2D eigenvalue weighted by Gasteiger charge is -2.03. The van der Waals surface area contributed by atoms with Gasteiger partial charge in [-0.15, -0.1) is 0 Å². The highest BCUT2D eigenvalue weighted by Gasteiger charge is 2.12. The molecule has 106 valence electrons. The zero-order chi connectivity index (χ0) is 14.8. The number of hydrogen-bond donors (Lipinski definition) is 1. The molecule has 0 aliphatic carbocycles. The molecule has 0 saturated heterocycles. The van der Waals surface area contributed by atoms with Crippen molar-refractivity contribution in [3.63, 3.8) is 0 Å². The summed E-state index contributed by atoms with van der Waals surface area (Å²) in [7, 11) is 0. The minimum absolute atomic E-state index is 0.274. The first kappa shape index (κ1) is 13.7. The second-order valence-corrected chi connectivity index (χ2v) is 5.91. The van der Waals surface area contributed by atoms with Crippen LogP contribution in [0.5, 0.6) is 0 Å². The fourth-order valence-corrected chi connectivity index (χ4v) is 2.49. The molecule has 1 aromatic carbocycles. The van der Waals surface area contributed by atoms with Gasteiger partial charge in [-0.2, -0.15) is 0 Å². The van der Waals surface area contributed by atoms with Gasteiger partial charge in [0.05, 0.1) is 6.20 Å². The van der Waals surface area contributed by atoms with Crippen molar-refractivity contribution in [2.45, 2.75) is 4.90 Å². The number of amides is 1. The molecule has 1 unspecified atom stereocenters. The maximum Gasteiger partial charge on any atom is 0.275 e. The Morgan fingerprint density at radius 2 is 1.95 bits per heavy atom. The molecule has 0 aliphatic rings. The number of nitrogens with one attached hydrogen (secondary N) is 1. The van der Waals surface area contributed by atoms with Crippen LogP contribution >= 0.6 is 0 Å². The van der Waals surface area contributed by atoms with E-state index in [0.717, 1.165) is 5.69 Å². The van der Waals surface area contributed by atoms with Crippen LogP contribution in [-0.2, 0) is 11.2 Å². The van der Waals surface area contributed by atoms with Crippen molar-refractivity contribution < 1.29 is 9.35 Å². The van der Waals surface area contributed by atoms with E-state index in [9.17, 15) is 9.35 Å². The minimum Gasteiger partial charge on any atom is -0.612 e. The Bertz CT molecular complexity index is 784. The van der Waals surface area contributed by atoms with Gasteiger partial charge in [0.25, 0.3) is 5.91 Å². The molecule has 5 nitrogen and oxygen atoms in total. The van der Waals surface area contributed by atoms with Crippen molar-refractivity contribution in [3.05, 3.63) is 60.6 Å². The van der Waals surface area contributed by atoms with Crippen LogP contribution < -0.4 is 5.32 Å². The van der Waals surface area contributed by atoms with Crippen LogP contribution in [0.1, 0.15) is 10.5 Å². The second-order valence-electron chi connectivity index (χ2n) is 4.53. The predicted molar refractivity (Wildman–Crippen MR) is 81.9 cm³/mol. The molecule has 6 heteroatoms. The summed E-state index contributed by atoms with van der Waals surface area (Å²) in [5, 5.41) is 2.78. The Morgan fingerprint density at radius 1 is 1.19 bits per heavy atom. The largest absolute Gasteiger partial charge is 0.612 e. The topological polar surface area (TPSA) is 69.5 Å². The van der Waals surface area contributed by atoms with E-state index in [-0.39, 0.29) is 5.91 Å².